The maximum absolute atomic E-state index is 12.1. The van der Waals surface area contributed by atoms with Gasteiger partial charge in [-0.05, 0) is 30.3 Å². The largest absolute Gasteiger partial charge is 0.326 e. The summed E-state index contributed by atoms with van der Waals surface area (Å²) in [5.74, 6) is -0.625. The lowest BCUT2D eigenvalue weighted by molar-refractivity contribution is -0.114. The van der Waals surface area contributed by atoms with Crippen LogP contribution in [0.25, 0.3) is 0 Å². The van der Waals surface area contributed by atoms with Crippen molar-refractivity contribution in [2.75, 3.05) is 10.6 Å². The Labute approximate surface area is 130 Å². The highest BCUT2D eigenvalue weighted by molar-refractivity contribution is 6.34. The Morgan fingerprint density at radius 3 is 2.14 bits per heavy atom. The van der Waals surface area contributed by atoms with E-state index in [0.717, 1.165) is 0 Å². The van der Waals surface area contributed by atoms with Crippen LogP contribution in [0.15, 0.2) is 30.3 Å². The fraction of sp³-hybridized carbons (Fsp3) is 0.0769. The number of amides is 2. The average molecular weight is 325 g/mol. The van der Waals surface area contributed by atoms with E-state index in [9.17, 15) is 9.59 Å². The van der Waals surface area contributed by atoms with Gasteiger partial charge in [-0.3, -0.25) is 9.59 Å². The Morgan fingerprint density at radius 1 is 1.00 bits per heavy atom. The van der Waals surface area contributed by atoms with Crippen LogP contribution in [0, 0.1) is 0 Å². The first-order valence-electron chi connectivity index (χ1n) is 5.83. The summed E-state index contributed by atoms with van der Waals surface area (Å²) in [6, 6.07) is 7.95. The zero-order valence-corrected chi connectivity index (χ0v) is 12.4. The Hall–Kier alpha value is -2.18. The number of anilines is 2. The van der Waals surface area contributed by atoms with E-state index in [4.69, 9.17) is 23.2 Å². The summed E-state index contributed by atoms with van der Waals surface area (Å²) in [5.41, 5.74) is 1.30. The van der Waals surface area contributed by atoms with Gasteiger partial charge in [-0.1, -0.05) is 23.2 Å². The lowest BCUT2D eigenvalue weighted by atomic mass is 10.2. The molecule has 108 valence electrons. The highest BCUT2D eigenvalue weighted by Crippen LogP contribution is 2.18. The standard InChI is InChI=1S/C13H10Cl2N4O2/c1-7(20)16-8-2-4-9(5-3-8)17-13(21)10-6-11(14)18-19-12(10)15/h2-6H,1H3,(H,16,20)(H,17,21). The van der Waals surface area contributed by atoms with Crippen molar-refractivity contribution in [1.82, 2.24) is 10.2 Å². The normalized spacial score (nSPS) is 10.0. The van der Waals surface area contributed by atoms with Crippen LogP contribution in [0.2, 0.25) is 10.3 Å². The van der Waals surface area contributed by atoms with Gasteiger partial charge in [0.25, 0.3) is 5.91 Å². The molecule has 0 unspecified atom stereocenters. The molecule has 1 heterocycles. The summed E-state index contributed by atoms with van der Waals surface area (Å²) < 4.78 is 0. The molecule has 1 aromatic carbocycles. The van der Waals surface area contributed by atoms with Crippen molar-refractivity contribution < 1.29 is 9.59 Å². The van der Waals surface area contributed by atoms with Crippen molar-refractivity contribution in [2.45, 2.75) is 6.92 Å². The van der Waals surface area contributed by atoms with Crippen LogP contribution in [0.4, 0.5) is 11.4 Å². The molecule has 0 saturated heterocycles. The molecule has 0 atom stereocenters. The average Bonchev–Trinajstić information content (AvgIpc) is 2.43. The number of nitrogens with zero attached hydrogens (tertiary/aromatic N) is 2. The number of benzene rings is 1. The number of hydrogen-bond acceptors (Lipinski definition) is 4. The molecular weight excluding hydrogens is 315 g/mol. The van der Waals surface area contributed by atoms with Gasteiger partial charge in [-0.15, -0.1) is 10.2 Å². The highest BCUT2D eigenvalue weighted by Gasteiger charge is 2.13. The van der Waals surface area contributed by atoms with Gasteiger partial charge in [0.2, 0.25) is 5.91 Å². The van der Waals surface area contributed by atoms with Gasteiger partial charge < -0.3 is 10.6 Å². The van der Waals surface area contributed by atoms with Crippen molar-refractivity contribution in [3.05, 3.63) is 46.2 Å². The monoisotopic (exact) mass is 324 g/mol. The van der Waals surface area contributed by atoms with Crippen molar-refractivity contribution >= 4 is 46.4 Å². The second-order valence-electron chi connectivity index (χ2n) is 4.08. The van der Waals surface area contributed by atoms with E-state index in [1.54, 1.807) is 24.3 Å². The minimum absolute atomic E-state index is 0.0354. The van der Waals surface area contributed by atoms with Crippen LogP contribution in [-0.4, -0.2) is 22.0 Å². The molecule has 2 aromatic rings. The molecule has 2 N–H and O–H groups in total. The summed E-state index contributed by atoms with van der Waals surface area (Å²) >= 11 is 11.5. The van der Waals surface area contributed by atoms with Crippen molar-refractivity contribution in [3.63, 3.8) is 0 Å². The van der Waals surface area contributed by atoms with E-state index in [-0.39, 0.29) is 21.8 Å². The summed E-state index contributed by atoms with van der Waals surface area (Å²) in [6.07, 6.45) is 0. The van der Waals surface area contributed by atoms with E-state index in [1.165, 1.54) is 13.0 Å². The summed E-state index contributed by atoms with van der Waals surface area (Å²) in [4.78, 5) is 23.0. The molecule has 1 aromatic heterocycles. The van der Waals surface area contributed by atoms with Crippen LogP contribution in [0.5, 0.6) is 0 Å². The van der Waals surface area contributed by atoms with Gasteiger partial charge >= 0.3 is 0 Å². The molecule has 0 aliphatic rings. The van der Waals surface area contributed by atoms with E-state index in [0.29, 0.717) is 11.4 Å². The molecular formula is C13H10Cl2N4O2. The molecule has 2 rings (SSSR count). The number of hydrogen-bond donors (Lipinski definition) is 2. The molecule has 0 radical (unpaired) electrons. The Kier molecular flexibility index (Phi) is 4.72. The number of halogens is 2. The van der Waals surface area contributed by atoms with E-state index < -0.39 is 5.91 Å². The van der Waals surface area contributed by atoms with Gasteiger partial charge in [0.05, 0.1) is 5.56 Å². The fourth-order valence-corrected chi connectivity index (χ4v) is 1.88. The second-order valence-corrected chi connectivity index (χ2v) is 4.83. The summed E-state index contributed by atoms with van der Waals surface area (Å²) in [6.45, 7) is 1.41. The fourth-order valence-electron chi connectivity index (χ4n) is 1.55. The van der Waals surface area contributed by atoms with Crippen LogP contribution < -0.4 is 10.6 Å². The van der Waals surface area contributed by atoms with Gasteiger partial charge in [-0.25, -0.2) is 0 Å². The van der Waals surface area contributed by atoms with Crippen LogP contribution in [0.3, 0.4) is 0 Å². The first kappa shape index (κ1) is 15.2. The van der Waals surface area contributed by atoms with Crippen LogP contribution >= 0.6 is 23.2 Å². The van der Waals surface area contributed by atoms with E-state index in [2.05, 4.69) is 20.8 Å². The summed E-state index contributed by atoms with van der Waals surface area (Å²) in [5, 5.41) is 12.4. The smallest absolute Gasteiger partial charge is 0.258 e. The Bertz CT molecular complexity index is 689. The third-order valence-corrected chi connectivity index (χ3v) is 2.89. The lowest BCUT2D eigenvalue weighted by Gasteiger charge is -2.07. The first-order chi connectivity index (χ1) is 9.95. The van der Waals surface area contributed by atoms with Crippen LogP contribution in [-0.2, 0) is 4.79 Å². The molecule has 6 nitrogen and oxygen atoms in total. The number of nitrogens with one attached hydrogen (secondary N) is 2. The minimum Gasteiger partial charge on any atom is -0.326 e. The molecule has 0 aliphatic heterocycles. The highest BCUT2D eigenvalue weighted by atomic mass is 35.5. The third-order valence-electron chi connectivity index (χ3n) is 2.43. The van der Waals surface area contributed by atoms with Gasteiger partial charge in [0, 0.05) is 18.3 Å². The van der Waals surface area contributed by atoms with E-state index in [1.807, 2.05) is 0 Å². The maximum atomic E-state index is 12.1. The van der Waals surface area contributed by atoms with Crippen LogP contribution in [0.1, 0.15) is 17.3 Å². The predicted octanol–water partition coefficient (Wildman–Crippen LogP) is 2.99. The maximum Gasteiger partial charge on any atom is 0.258 e. The zero-order chi connectivity index (χ0) is 15.4. The molecule has 0 fully saturated rings. The topological polar surface area (TPSA) is 84.0 Å². The van der Waals surface area contributed by atoms with Crippen molar-refractivity contribution in [3.8, 4) is 0 Å². The molecule has 8 heteroatoms. The van der Waals surface area contributed by atoms with Gasteiger partial charge in [-0.2, -0.15) is 0 Å². The molecule has 21 heavy (non-hydrogen) atoms. The Balaban J connectivity index is 2.12. The quantitative estimate of drug-likeness (QED) is 0.908. The number of carbonyl (C=O) groups is 2. The minimum atomic E-state index is -0.455. The van der Waals surface area contributed by atoms with E-state index >= 15 is 0 Å². The molecule has 0 saturated carbocycles. The SMILES string of the molecule is CC(=O)Nc1ccc(NC(=O)c2cc(Cl)nnc2Cl)cc1. The second kappa shape index (κ2) is 6.51. The zero-order valence-electron chi connectivity index (χ0n) is 10.9. The predicted molar refractivity (Wildman–Crippen MR) is 80.8 cm³/mol. The molecule has 0 spiro atoms. The Morgan fingerprint density at radius 2 is 1.57 bits per heavy atom. The van der Waals surface area contributed by atoms with Gasteiger partial charge in [0.15, 0.2) is 10.3 Å². The molecule has 0 bridgehead atoms. The number of aromatic nitrogens is 2. The third kappa shape index (κ3) is 4.14. The van der Waals surface area contributed by atoms with Crippen molar-refractivity contribution in [2.24, 2.45) is 0 Å². The first-order valence-corrected chi connectivity index (χ1v) is 6.59. The lowest BCUT2D eigenvalue weighted by Crippen LogP contribution is -2.13. The molecule has 2 amide bonds. The number of carbonyl (C=O) groups excluding carboxylic acids is 2. The number of rotatable bonds is 3. The van der Waals surface area contributed by atoms with Gasteiger partial charge in [0.1, 0.15) is 0 Å². The molecule has 0 aliphatic carbocycles. The summed E-state index contributed by atoms with van der Waals surface area (Å²) in [7, 11) is 0. The van der Waals surface area contributed by atoms with Crippen molar-refractivity contribution in [1.29, 1.82) is 0 Å².